The van der Waals surface area contributed by atoms with E-state index in [-0.39, 0.29) is 45.5 Å². The van der Waals surface area contributed by atoms with Crippen LogP contribution < -0.4 is 5.32 Å². The van der Waals surface area contributed by atoms with E-state index in [0.717, 1.165) is 0 Å². The molecule has 0 bridgehead atoms. The first-order valence-corrected chi connectivity index (χ1v) is 3.60. The maximum atomic E-state index is 3.30. The van der Waals surface area contributed by atoms with Crippen molar-refractivity contribution in [3.63, 3.8) is 0 Å². The summed E-state index contributed by atoms with van der Waals surface area (Å²) in [7, 11) is 0. The zero-order chi connectivity index (χ0) is 7.40. The van der Waals surface area contributed by atoms with Crippen molar-refractivity contribution in [3.8, 4) is 0 Å². The molecule has 1 aromatic carbocycles. The van der Waals surface area contributed by atoms with Crippen LogP contribution in [0.15, 0.2) is 30.3 Å². The Balaban J connectivity index is 0.000001000. The van der Waals surface area contributed by atoms with Gasteiger partial charge in [-0.05, 0) is 26.0 Å². The fourth-order valence-corrected chi connectivity index (χ4v) is 0.868. The van der Waals surface area contributed by atoms with Gasteiger partial charge in [-0.3, -0.25) is 0 Å². The Bertz CT molecular complexity index is 184. The molecule has 54 valence electrons. The molecule has 0 aromatic heterocycles. The molecule has 0 heterocycles. The first-order chi connectivity index (χ1) is 4.79. The Morgan fingerprint density at radius 3 is 2.09 bits per heavy atom. The molecule has 1 N–H and O–H groups in total. The maximum absolute atomic E-state index is 3.30. The summed E-state index contributed by atoms with van der Waals surface area (Å²) in [5.74, 6) is 0. The molecule has 0 aliphatic rings. The largest absolute Gasteiger partial charge is 2.00 e. The van der Waals surface area contributed by atoms with Crippen LogP contribution in [0.4, 0.5) is 5.69 Å². The molecule has 0 fully saturated rings. The minimum absolute atomic E-state index is 0. The number of nitrogens with one attached hydrogen (secondary N) is 1. The molecule has 0 atom stereocenters. The second kappa shape index (κ2) is 6.07. The van der Waals surface area contributed by atoms with Crippen molar-refractivity contribution in [2.45, 2.75) is 19.9 Å². The van der Waals surface area contributed by atoms with Crippen molar-refractivity contribution in [2.24, 2.45) is 0 Å². The van der Waals surface area contributed by atoms with Crippen LogP contribution in [-0.4, -0.2) is 51.5 Å². The van der Waals surface area contributed by atoms with Crippen LogP contribution in [0, 0.1) is 0 Å². The summed E-state index contributed by atoms with van der Waals surface area (Å²) in [6.07, 6.45) is 0. The topological polar surface area (TPSA) is 12.0 Å². The standard InChI is InChI=1S/C9H13N.Sr/c1-8(2)10-9-6-4-3-5-7-9;/h3-8,10H,1-2H3;/q;+2. The third-order valence-electron chi connectivity index (χ3n) is 1.23. The third kappa shape index (κ3) is 4.86. The zero-order valence-corrected chi connectivity index (χ0v) is 10.6. The molecule has 0 unspecified atom stereocenters. The van der Waals surface area contributed by atoms with Crippen LogP contribution in [0.1, 0.15) is 13.8 Å². The number of hydrogen-bond acceptors (Lipinski definition) is 1. The molecule has 2 heteroatoms. The molecule has 0 radical (unpaired) electrons. The van der Waals surface area contributed by atoms with Gasteiger partial charge in [-0.1, -0.05) is 18.2 Å². The molecule has 0 amide bonds. The first-order valence-electron chi connectivity index (χ1n) is 3.60. The Hall–Kier alpha value is 0.501. The Morgan fingerprint density at radius 1 is 1.09 bits per heavy atom. The second-order valence-electron chi connectivity index (χ2n) is 2.67. The van der Waals surface area contributed by atoms with Crippen LogP contribution in [-0.2, 0) is 0 Å². The molecule has 0 aliphatic heterocycles. The number of benzene rings is 1. The number of rotatable bonds is 2. The molecular weight excluding hydrogens is 210 g/mol. The van der Waals surface area contributed by atoms with E-state index in [1.54, 1.807) is 0 Å². The van der Waals surface area contributed by atoms with Gasteiger partial charge in [0, 0.05) is 11.7 Å². The molecule has 1 aromatic rings. The van der Waals surface area contributed by atoms with Gasteiger partial charge in [0.1, 0.15) is 0 Å². The van der Waals surface area contributed by atoms with Crippen molar-refractivity contribution in [2.75, 3.05) is 5.32 Å². The van der Waals surface area contributed by atoms with E-state index in [1.165, 1.54) is 5.69 Å². The molecule has 11 heavy (non-hydrogen) atoms. The molecule has 1 rings (SSSR count). The molecular formula is C9H13NSr+2. The summed E-state index contributed by atoms with van der Waals surface area (Å²) in [6, 6.07) is 10.7. The second-order valence-corrected chi connectivity index (χ2v) is 2.67. The minimum atomic E-state index is 0. The predicted molar refractivity (Wildman–Crippen MR) is 51.0 cm³/mol. The fourth-order valence-electron chi connectivity index (χ4n) is 0.868. The third-order valence-corrected chi connectivity index (χ3v) is 1.23. The molecule has 1 nitrogen and oxygen atoms in total. The summed E-state index contributed by atoms with van der Waals surface area (Å²) < 4.78 is 0. The van der Waals surface area contributed by atoms with Crippen LogP contribution in [0.25, 0.3) is 0 Å². The van der Waals surface area contributed by atoms with E-state index in [2.05, 4.69) is 31.3 Å². The summed E-state index contributed by atoms with van der Waals surface area (Å²) in [4.78, 5) is 0. The summed E-state index contributed by atoms with van der Waals surface area (Å²) >= 11 is 0. The average Bonchev–Trinajstić information content (AvgIpc) is 1.88. The summed E-state index contributed by atoms with van der Waals surface area (Å²) in [6.45, 7) is 4.26. The van der Waals surface area contributed by atoms with Crippen LogP contribution in [0.3, 0.4) is 0 Å². The number of para-hydroxylation sites is 1. The summed E-state index contributed by atoms with van der Waals surface area (Å²) in [5, 5.41) is 3.30. The van der Waals surface area contributed by atoms with Crippen molar-refractivity contribution in [3.05, 3.63) is 30.3 Å². The monoisotopic (exact) mass is 223 g/mol. The fraction of sp³-hybridized carbons (Fsp3) is 0.333. The van der Waals surface area contributed by atoms with Crippen molar-refractivity contribution < 1.29 is 0 Å². The molecule has 0 saturated heterocycles. The van der Waals surface area contributed by atoms with E-state index in [4.69, 9.17) is 0 Å². The quantitative estimate of drug-likeness (QED) is 0.757. The van der Waals surface area contributed by atoms with E-state index >= 15 is 0 Å². The van der Waals surface area contributed by atoms with Crippen LogP contribution in [0.2, 0.25) is 0 Å². The first kappa shape index (κ1) is 11.5. The average molecular weight is 223 g/mol. The summed E-state index contributed by atoms with van der Waals surface area (Å²) in [5.41, 5.74) is 1.19. The SMILES string of the molecule is CC(C)Nc1ccccc1.[Sr+2]. The van der Waals surface area contributed by atoms with E-state index in [0.29, 0.717) is 6.04 Å². The van der Waals surface area contributed by atoms with Gasteiger partial charge in [-0.25, -0.2) is 0 Å². The van der Waals surface area contributed by atoms with Crippen LogP contribution >= 0.6 is 0 Å². The number of anilines is 1. The zero-order valence-electron chi connectivity index (χ0n) is 7.17. The maximum Gasteiger partial charge on any atom is 2.00 e. The van der Waals surface area contributed by atoms with Gasteiger partial charge >= 0.3 is 45.5 Å². The van der Waals surface area contributed by atoms with Gasteiger partial charge in [-0.2, -0.15) is 0 Å². The predicted octanol–water partition coefficient (Wildman–Crippen LogP) is 2.13. The van der Waals surface area contributed by atoms with Gasteiger partial charge < -0.3 is 5.32 Å². The Morgan fingerprint density at radius 2 is 1.64 bits per heavy atom. The van der Waals surface area contributed by atoms with Gasteiger partial charge in [-0.15, -0.1) is 0 Å². The Labute approximate surface area is 105 Å². The number of hydrogen-bond donors (Lipinski definition) is 1. The van der Waals surface area contributed by atoms with Crippen molar-refractivity contribution in [1.29, 1.82) is 0 Å². The smallest absolute Gasteiger partial charge is 0.383 e. The van der Waals surface area contributed by atoms with Crippen LogP contribution in [0.5, 0.6) is 0 Å². The van der Waals surface area contributed by atoms with E-state index in [1.807, 2.05) is 18.2 Å². The van der Waals surface area contributed by atoms with Gasteiger partial charge in [0.25, 0.3) is 0 Å². The molecule has 0 spiro atoms. The minimum Gasteiger partial charge on any atom is -0.383 e. The van der Waals surface area contributed by atoms with Gasteiger partial charge in [0.05, 0.1) is 0 Å². The molecule has 0 saturated carbocycles. The molecule has 0 aliphatic carbocycles. The van der Waals surface area contributed by atoms with Gasteiger partial charge in [0.15, 0.2) is 0 Å². The van der Waals surface area contributed by atoms with Crippen molar-refractivity contribution in [1.82, 2.24) is 0 Å². The Kier molecular flexibility index (Phi) is 6.34. The van der Waals surface area contributed by atoms with Crippen molar-refractivity contribution >= 4 is 51.2 Å². The normalized spacial score (nSPS) is 9.00. The van der Waals surface area contributed by atoms with E-state index < -0.39 is 0 Å². The van der Waals surface area contributed by atoms with Gasteiger partial charge in [0.2, 0.25) is 0 Å². The van der Waals surface area contributed by atoms with E-state index in [9.17, 15) is 0 Å².